The number of nitrogens with one attached hydrogen (secondary N) is 1. The Morgan fingerprint density at radius 3 is 2.71 bits per heavy atom. The summed E-state index contributed by atoms with van der Waals surface area (Å²) in [6.07, 6.45) is 0. The zero-order valence-electron chi connectivity index (χ0n) is 9.24. The Morgan fingerprint density at radius 2 is 2.12 bits per heavy atom. The first-order chi connectivity index (χ1) is 8.15. The van der Waals surface area contributed by atoms with Crippen molar-refractivity contribution < 1.29 is 4.79 Å². The van der Waals surface area contributed by atoms with Crippen LogP contribution in [0.1, 0.15) is 21.1 Å². The molecule has 0 saturated carbocycles. The second-order valence-corrected chi connectivity index (χ2v) is 4.90. The number of rotatable bonds is 3. The molecule has 1 heterocycles. The molecule has 0 spiro atoms. The van der Waals surface area contributed by atoms with Crippen LogP contribution in [0.3, 0.4) is 0 Å². The zero-order chi connectivity index (χ0) is 12.3. The lowest BCUT2D eigenvalue weighted by Gasteiger charge is -2.03. The Balaban J connectivity index is 1.94. The van der Waals surface area contributed by atoms with Gasteiger partial charge in [0, 0.05) is 22.6 Å². The first-order valence-electron chi connectivity index (χ1n) is 5.10. The average Bonchev–Trinajstić information content (AvgIpc) is 2.75. The molecule has 0 radical (unpaired) electrons. The summed E-state index contributed by atoms with van der Waals surface area (Å²) in [6.45, 7) is 2.35. The van der Waals surface area contributed by atoms with Crippen LogP contribution in [0.5, 0.6) is 0 Å². The Hall–Kier alpha value is -1.39. The van der Waals surface area contributed by atoms with Crippen molar-refractivity contribution in [3.05, 3.63) is 50.9 Å². The van der Waals surface area contributed by atoms with E-state index in [9.17, 15) is 4.79 Å². The number of nitrogens with zero attached hydrogens (tertiary/aromatic N) is 1. The maximum Gasteiger partial charge on any atom is 0.280 e. The molecule has 0 atom stereocenters. The molecule has 0 aliphatic carbocycles. The molecule has 0 aliphatic rings. The van der Waals surface area contributed by atoms with E-state index >= 15 is 0 Å². The molecule has 3 nitrogen and oxygen atoms in total. The van der Waals surface area contributed by atoms with Crippen molar-refractivity contribution in [1.82, 2.24) is 10.3 Å². The van der Waals surface area contributed by atoms with Gasteiger partial charge in [-0.15, -0.1) is 11.3 Å². The van der Waals surface area contributed by atoms with Gasteiger partial charge in [0.05, 0.1) is 0 Å². The molecule has 0 saturated heterocycles. The van der Waals surface area contributed by atoms with Crippen LogP contribution in [0.4, 0.5) is 0 Å². The van der Waals surface area contributed by atoms with E-state index in [1.807, 2.05) is 24.4 Å². The first-order valence-corrected chi connectivity index (χ1v) is 6.35. The fourth-order valence-electron chi connectivity index (χ4n) is 1.32. The van der Waals surface area contributed by atoms with Gasteiger partial charge in [-0.3, -0.25) is 4.79 Å². The molecule has 0 unspecified atom stereocenters. The summed E-state index contributed by atoms with van der Waals surface area (Å²) < 4.78 is 0. The fraction of sp³-hybridized carbons (Fsp3) is 0.167. The van der Waals surface area contributed by atoms with Crippen LogP contribution >= 0.6 is 22.9 Å². The smallest absolute Gasteiger partial charge is 0.280 e. The van der Waals surface area contributed by atoms with E-state index in [0.29, 0.717) is 16.6 Å². The van der Waals surface area contributed by atoms with Gasteiger partial charge in [-0.25, -0.2) is 4.98 Å². The Morgan fingerprint density at radius 1 is 1.41 bits per heavy atom. The molecular weight excluding hydrogens is 256 g/mol. The number of carbonyl (C=O) groups is 1. The molecule has 5 heteroatoms. The third-order valence-corrected chi connectivity index (χ3v) is 3.39. The highest BCUT2D eigenvalue weighted by Gasteiger charge is 2.08. The van der Waals surface area contributed by atoms with Crippen molar-refractivity contribution in [2.45, 2.75) is 13.5 Å². The van der Waals surface area contributed by atoms with Crippen LogP contribution in [0, 0.1) is 6.92 Å². The number of aryl methyl sites for hydroxylation is 1. The predicted octanol–water partition coefficient (Wildman–Crippen LogP) is 3.03. The zero-order valence-corrected chi connectivity index (χ0v) is 10.8. The van der Waals surface area contributed by atoms with Crippen LogP contribution in [0.15, 0.2) is 29.6 Å². The SMILES string of the molecule is Cc1csc(C(=O)NCc2ccc(Cl)cc2)n1. The minimum absolute atomic E-state index is 0.141. The van der Waals surface area contributed by atoms with Crippen molar-refractivity contribution in [2.75, 3.05) is 0 Å². The highest BCUT2D eigenvalue weighted by atomic mass is 35.5. The Labute approximate surface area is 108 Å². The minimum Gasteiger partial charge on any atom is -0.346 e. The number of halogens is 1. The van der Waals surface area contributed by atoms with Gasteiger partial charge in [0.15, 0.2) is 5.01 Å². The van der Waals surface area contributed by atoms with Crippen molar-refractivity contribution in [1.29, 1.82) is 0 Å². The quantitative estimate of drug-likeness (QED) is 0.928. The molecule has 2 aromatic rings. The summed E-state index contributed by atoms with van der Waals surface area (Å²) in [4.78, 5) is 15.8. The highest BCUT2D eigenvalue weighted by Crippen LogP contribution is 2.11. The predicted molar refractivity (Wildman–Crippen MR) is 69.5 cm³/mol. The van der Waals surface area contributed by atoms with E-state index in [-0.39, 0.29) is 5.91 Å². The lowest BCUT2D eigenvalue weighted by Crippen LogP contribution is -2.22. The molecule has 0 aliphatic heterocycles. The molecule has 1 aromatic heterocycles. The van der Waals surface area contributed by atoms with Crippen LogP contribution < -0.4 is 5.32 Å². The van der Waals surface area contributed by atoms with Crippen LogP contribution in [0.25, 0.3) is 0 Å². The van der Waals surface area contributed by atoms with E-state index in [2.05, 4.69) is 10.3 Å². The van der Waals surface area contributed by atoms with Crippen molar-refractivity contribution in [2.24, 2.45) is 0 Å². The Bertz CT molecular complexity index is 522. The molecule has 2 rings (SSSR count). The largest absolute Gasteiger partial charge is 0.346 e. The standard InChI is InChI=1S/C12H11ClN2OS/c1-8-7-17-12(15-8)11(16)14-6-9-2-4-10(13)5-3-9/h2-5,7H,6H2,1H3,(H,14,16). The number of carbonyl (C=O) groups excluding carboxylic acids is 1. The monoisotopic (exact) mass is 266 g/mol. The number of hydrogen-bond acceptors (Lipinski definition) is 3. The normalized spacial score (nSPS) is 10.2. The summed E-state index contributed by atoms with van der Waals surface area (Å²) in [7, 11) is 0. The highest BCUT2D eigenvalue weighted by molar-refractivity contribution is 7.11. The van der Waals surface area contributed by atoms with Crippen molar-refractivity contribution in [3.63, 3.8) is 0 Å². The topological polar surface area (TPSA) is 42.0 Å². The number of aromatic nitrogens is 1. The van der Waals surface area contributed by atoms with E-state index in [1.165, 1.54) is 11.3 Å². The van der Waals surface area contributed by atoms with Gasteiger partial charge in [-0.05, 0) is 24.6 Å². The van der Waals surface area contributed by atoms with E-state index < -0.39 is 0 Å². The molecule has 0 bridgehead atoms. The van der Waals surface area contributed by atoms with Gasteiger partial charge in [0.1, 0.15) is 0 Å². The molecule has 1 N–H and O–H groups in total. The summed E-state index contributed by atoms with van der Waals surface area (Å²) >= 11 is 7.13. The van der Waals surface area contributed by atoms with Gasteiger partial charge in [0.2, 0.25) is 0 Å². The summed E-state index contributed by atoms with van der Waals surface area (Å²) in [6, 6.07) is 7.37. The van der Waals surface area contributed by atoms with Gasteiger partial charge in [0.25, 0.3) is 5.91 Å². The molecule has 17 heavy (non-hydrogen) atoms. The summed E-state index contributed by atoms with van der Waals surface area (Å²) in [5, 5.41) is 5.86. The molecule has 88 valence electrons. The van der Waals surface area contributed by atoms with Crippen molar-refractivity contribution >= 4 is 28.8 Å². The molecule has 0 fully saturated rings. The lowest BCUT2D eigenvalue weighted by atomic mass is 10.2. The second kappa shape index (κ2) is 5.29. The van der Waals surface area contributed by atoms with E-state index in [1.54, 1.807) is 12.1 Å². The van der Waals surface area contributed by atoms with Gasteiger partial charge in [-0.1, -0.05) is 23.7 Å². The molecule has 1 aromatic carbocycles. The van der Waals surface area contributed by atoms with Crippen LogP contribution in [-0.2, 0) is 6.54 Å². The maximum atomic E-state index is 11.7. The number of thiazole rings is 1. The first kappa shape index (κ1) is 12.1. The summed E-state index contributed by atoms with van der Waals surface area (Å²) in [5.74, 6) is -0.141. The van der Waals surface area contributed by atoms with E-state index in [0.717, 1.165) is 11.3 Å². The fourth-order valence-corrected chi connectivity index (χ4v) is 2.16. The van der Waals surface area contributed by atoms with Gasteiger partial charge < -0.3 is 5.32 Å². The maximum absolute atomic E-state index is 11.7. The lowest BCUT2D eigenvalue weighted by molar-refractivity contribution is 0.0950. The second-order valence-electron chi connectivity index (χ2n) is 3.60. The van der Waals surface area contributed by atoms with Crippen LogP contribution in [0.2, 0.25) is 5.02 Å². The Kier molecular flexibility index (Phi) is 3.76. The molecule has 1 amide bonds. The average molecular weight is 267 g/mol. The van der Waals surface area contributed by atoms with Gasteiger partial charge >= 0.3 is 0 Å². The van der Waals surface area contributed by atoms with Gasteiger partial charge in [-0.2, -0.15) is 0 Å². The number of hydrogen-bond donors (Lipinski definition) is 1. The van der Waals surface area contributed by atoms with Crippen molar-refractivity contribution in [3.8, 4) is 0 Å². The van der Waals surface area contributed by atoms with E-state index in [4.69, 9.17) is 11.6 Å². The number of amides is 1. The third kappa shape index (κ3) is 3.28. The molecular formula is C12H11ClN2OS. The van der Waals surface area contributed by atoms with Crippen LogP contribution in [-0.4, -0.2) is 10.9 Å². The summed E-state index contributed by atoms with van der Waals surface area (Å²) in [5.41, 5.74) is 1.88. The number of benzene rings is 1. The third-order valence-electron chi connectivity index (χ3n) is 2.18. The minimum atomic E-state index is -0.141.